The number of rotatable bonds is 6. The summed E-state index contributed by atoms with van der Waals surface area (Å²) in [5, 5.41) is 0. The minimum Gasteiger partial charge on any atom is -0.379 e. The highest BCUT2D eigenvalue weighted by atomic mass is 28.3. The zero-order valence-corrected chi connectivity index (χ0v) is 13.9. The van der Waals surface area contributed by atoms with E-state index >= 15 is 0 Å². The van der Waals surface area contributed by atoms with E-state index in [0.29, 0.717) is 0 Å². The Morgan fingerprint density at radius 1 is 1.11 bits per heavy atom. The van der Waals surface area contributed by atoms with Crippen LogP contribution in [0.2, 0.25) is 16.6 Å². The zero-order valence-electron chi connectivity index (χ0n) is 12.9. The molecule has 0 saturated heterocycles. The van der Waals surface area contributed by atoms with Crippen LogP contribution in [0.5, 0.6) is 0 Å². The van der Waals surface area contributed by atoms with E-state index in [1.165, 1.54) is 5.56 Å². The molecule has 0 aliphatic heterocycles. The highest BCUT2D eigenvalue weighted by Gasteiger charge is 2.44. The molecule has 0 bridgehead atoms. The van der Waals surface area contributed by atoms with Crippen LogP contribution >= 0.6 is 0 Å². The third-order valence-corrected chi connectivity index (χ3v) is 11.1. The van der Waals surface area contributed by atoms with Crippen molar-refractivity contribution < 1.29 is 0 Å². The van der Waals surface area contributed by atoms with Crippen molar-refractivity contribution in [3.8, 4) is 0 Å². The molecule has 0 aliphatic rings. The Balaban J connectivity index is 3.28. The number of hydrogen-bond donors (Lipinski definition) is 0. The molecular formula is C16H29NSi. The van der Waals surface area contributed by atoms with Crippen LogP contribution in [0.1, 0.15) is 47.1 Å². The van der Waals surface area contributed by atoms with Crippen LogP contribution in [0.25, 0.3) is 0 Å². The summed E-state index contributed by atoms with van der Waals surface area (Å²) in [6, 6.07) is 2.26. The Morgan fingerprint density at radius 3 is 2.00 bits per heavy atom. The minimum absolute atomic E-state index is 0.751. The van der Waals surface area contributed by atoms with E-state index in [-0.39, 0.29) is 0 Å². The molecule has 0 fully saturated rings. The molecule has 1 heterocycles. The molecule has 0 aliphatic carbocycles. The fourth-order valence-corrected chi connectivity index (χ4v) is 10.4. The highest BCUT2D eigenvalue weighted by Crippen LogP contribution is 2.42. The molecule has 2 heteroatoms. The molecule has 0 unspecified atom stereocenters. The van der Waals surface area contributed by atoms with Gasteiger partial charge in [-0.1, -0.05) is 47.6 Å². The number of nitrogens with zero attached hydrogens (tertiary/aromatic N) is 1. The first-order chi connectivity index (χ1) is 8.37. The Bertz CT molecular complexity index is 366. The summed E-state index contributed by atoms with van der Waals surface area (Å²) in [4.78, 5) is 0. The lowest BCUT2D eigenvalue weighted by Crippen LogP contribution is -2.51. The average Bonchev–Trinajstić information content (AvgIpc) is 2.66. The average molecular weight is 264 g/mol. The molecule has 0 spiro atoms. The van der Waals surface area contributed by atoms with Gasteiger partial charge in [0.2, 0.25) is 0 Å². The molecular weight excluding hydrogens is 234 g/mol. The zero-order chi connectivity index (χ0) is 13.9. The lowest BCUT2D eigenvalue weighted by molar-refractivity contribution is 0.765. The first-order valence-corrected chi connectivity index (χ1v) is 9.33. The van der Waals surface area contributed by atoms with Gasteiger partial charge >= 0.3 is 0 Å². The molecule has 18 heavy (non-hydrogen) atoms. The van der Waals surface area contributed by atoms with Crippen molar-refractivity contribution in [2.45, 2.75) is 64.6 Å². The van der Waals surface area contributed by atoms with Crippen molar-refractivity contribution in [2.24, 2.45) is 0 Å². The van der Waals surface area contributed by atoms with E-state index in [1.54, 1.807) is 0 Å². The quantitative estimate of drug-likeness (QED) is 0.488. The van der Waals surface area contributed by atoms with Crippen molar-refractivity contribution in [1.82, 2.24) is 4.23 Å². The van der Waals surface area contributed by atoms with Crippen LogP contribution in [-0.2, 0) is 6.42 Å². The standard InChI is InChI=1S/C16H29NSi/c1-8-9-16-10-11-17(12-16)18(13(2)3,14(4)5)15(6)7/h8,10-15H,1,9H2,2-7H3. The second-order valence-corrected chi connectivity index (χ2v) is 12.0. The summed E-state index contributed by atoms with van der Waals surface area (Å²) < 4.78 is 2.59. The van der Waals surface area contributed by atoms with Crippen LogP contribution in [0.3, 0.4) is 0 Å². The molecule has 102 valence electrons. The van der Waals surface area contributed by atoms with Gasteiger partial charge in [-0.05, 0) is 47.1 Å². The largest absolute Gasteiger partial charge is 0.379 e. The molecule has 1 rings (SSSR count). The minimum atomic E-state index is -1.53. The van der Waals surface area contributed by atoms with Gasteiger partial charge in [0.05, 0.1) is 0 Å². The first-order valence-electron chi connectivity index (χ1n) is 7.15. The van der Waals surface area contributed by atoms with Gasteiger partial charge in [-0.15, -0.1) is 6.58 Å². The Morgan fingerprint density at radius 2 is 1.61 bits per heavy atom. The lowest BCUT2D eigenvalue weighted by Gasteiger charge is -2.44. The maximum absolute atomic E-state index is 3.83. The number of aromatic nitrogens is 1. The normalized spacial score (nSPS) is 12.7. The van der Waals surface area contributed by atoms with E-state index in [1.807, 2.05) is 6.08 Å². The Hall–Kier alpha value is -0.763. The van der Waals surface area contributed by atoms with Crippen LogP contribution < -0.4 is 0 Å². The van der Waals surface area contributed by atoms with Crippen molar-refractivity contribution in [2.75, 3.05) is 0 Å². The molecule has 0 N–H and O–H groups in total. The van der Waals surface area contributed by atoms with E-state index < -0.39 is 8.24 Å². The molecule has 0 amide bonds. The number of hydrogen-bond acceptors (Lipinski definition) is 0. The Kier molecular flexibility index (Phi) is 5.03. The monoisotopic (exact) mass is 263 g/mol. The van der Waals surface area contributed by atoms with Crippen molar-refractivity contribution >= 4 is 8.24 Å². The molecule has 0 aromatic carbocycles. The number of allylic oxidation sites excluding steroid dienone is 1. The van der Waals surface area contributed by atoms with Gasteiger partial charge < -0.3 is 4.23 Å². The van der Waals surface area contributed by atoms with Gasteiger partial charge in [0.25, 0.3) is 0 Å². The summed E-state index contributed by atoms with van der Waals surface area (Å²) in [6.07, 6.45) is 7.65. The van der Waals surface area contributed by atoms with Gasteiger partial charge in [0.15, 0.2) is 8.24 Å². The molecule has 1 aromatic rings. The lowest BCUT2D eigenvalue weighted by atomic mass is 10.2. The fourth-order valence-electron chi connectivity index (χ4n) is 3.86. The predicted molar refractivity (Wildman–Crippen MR) is 84.8 cm³/mol. The van der Waals surface area contributed by atoms with Gasteiger partial charge in [-0.25, -0.2) is 0 Å². The van der Waals surface area contributed by atoms with Gasteiger partial charge in [-0.3, -0.25) is 0 Å². The molecule has 0 saturated carbocycles. The predicted octanol–water partition coefficient (Wildman–Crippen LogP) is 5.24. The van der Waals surface area contributed by atoms with Crippen LogP contribution in [0.4, 0.5) is 0 Å². The summed E-state index contributed by atoms with van der Waals surface area (Å²) in [5.74, 6) is 0. The summed E-state index contributed by atoms with van der Waals surface area (Å²) in [5.41, 5.74) is 3.65. The highest BCUT2D eigenvalue weighted by molar-refractivity contribution is 6.82. The summed E-state index contributed by atoms with van der Waals surface area (Å²) >= 11 is 0. The van der Waals surface area contributed by atoms with E-state index in [4.69, 9.17) is 0 Å². The molecule has 1 nitrogen and oxygen atoms in total. The van der Waals surface area contributed by atoms with Crippen LogP contribution in [0, 0.1) is 0 Å². The second kappa shape index (κ2) is 5.92. The van der Waals surface area contributed by atoms with E-state index in [9.17, 15) is 0 Å². The van der Waals surface area contributed by atoms with E-state index in [0.717, 1.165) is 23.0 Å². The van der Waals surface area contributed by atoms with Gasteiger partial charge in [-0.2, -0.15) is 0 Å². The third kappa shape index (κ3) is 2.49. The second-order valence-electron chi connectivity index (χ2n) is 6.27. The SMILES string of the molecule is C=CCc1ccn([Si](C(C)C)(C(C)C)C(C)C)c1. The van der Waals surface area contributed by atoms with Crippen molar-refractivity contribution in [1.29, 1.82) is 0 Å². The maximum Gasteiger partial charge on any atom is 0.168 e. The summed E-state index contributed by atoms with van der Waals surface area (Å²) in [7, 11) is -1.53. The summed E-state index contributed by atoms with van der Waals surface area (Å²) in [6.45, 7) is 18.2. The Labute approximate surface area is 114 Å². The third-order valence-electron chi connectivity index (χ3n) is 4.36. The molecule has 0 radical (unpaired) electrons. The van der Waals surface area contributed by atoms with Gasteiger partial charge in [0, 0.05) is 0 Å². The van der Waals surface area contributed by atoms with Crippen LogP contribution in [0.15, 0.2) is 31.1 Å². The van der Waals surface area contributed by atoms with E-state index in [2.05, 4.69) is 70.8 Å². The van der Waals surface area contributed by atoms with Gasteiger partial charge in [0.1, 0.15) is 0 Å². The smallest absolute Gasteiger partial charge is 0.168 e. The van der Waals surface area contributed by atoms with Crippen LogP contribution in [-0.4, -0.2) is 12.5 Å². The first kappa shape index (κ1) is 15.3. The van der Waals surface area contributed by atoms with Crippen molar-refractivity contribution in [3.05, 3.63) is 36.7 Å². The molecule has 0 atom stereocenters. The fraction of sp³-hybridized carbons (Fsp3) is 0.625. The topological polar surface area (TPSA) is 4.93 Å². The maximum atomic E-state index is 3.83. The van der Waals surface area contributed by atoms with Crippen molar-refractivity contribution in [3.63, 3.8) is 0 Å². The molecule has 1 aromatic heterocycles.